The lowest BCUT2D eigenvalue weighted by molar-refractivity contribution is -0.152. The van der Waals surface area contributed by atoms with Gasteiger partial charge in [0.25, 0.3) is 11.8 Å². The Labute approximate surface area is 174 Å². The quantitative estimate of drug-likeness (QED) is 0.673. The number of hydrogen-bond donors (Lipinski definition) is 2. The molecule has 0 radical (unpaired) electrons. The molecule has 0 aliphatic carbocycles. The molecule has 0 aliphatic rings. The van der Waals surface area contributed by atoms with Gasteiger partial charge in [0.15, 0.2) is 6.10 Å². The van der Waals surface area contributed by atoms with E-state index in [1.807, 2.05) is 19.9 Å². The van der Waals surface area contributed by atoms with E-state index in [1.54, 1.807) is 24.3 Å². The molecule has 2 rings (SSSR count). The fraction of sp³-hybridized carbons (Fsp3) is 0.286. The van der Waals surface area contributed by atoms with Crippen molar-refractivity contribution in [2.45, 2.75) is 26.9 Å². The molecule has 0 bridgehead atoms. The van der Waals surface area contributed by atoms with E-state index in [1.165, 1.54) is 20.1 Å². The van der Waals surface area contributed by atoms with Crippen LogP contribution in [-0.2, 0) is 14.3 Å². The van der Waals surface area contributed by atoms with Gasteiger partial charge >= 0.3 is 5.97 Å². The number of esters is 1. The molecule has 29 heavy (non-hydrogen) atoms. The topological polar surface area (TPSA) is 93.7 Å². The summed E-state index contributed by atoms with van der Waals surface area (Å²) >= 11 is 6.01. The maximum absolute atomic E-state index is 12.2. The molecular weight excluding hydrogens is 396 g/mol. The highest BCUT2D eigenvalue weighted by Gasteiger charge is 2.19. The van der Waals surface area contributed by atoms with Crippen LogP contribution in [0.15, 0.2) is 36.4 Å². The van der Waals surface area contributed by atoms with Crippen LogP contribution in [0.5, 0.6) is 5.75 Å². The third-order valence-corrected chi connectivity index (χ3v) is 4.55. The predicted octanol–water partition coefficient (Wildman–Crippen LogP) is 3.27. The number of nitrogens with one attached hydrogen (secondary N) is 2. The van der Waals surface area contributed by atoms with Crippen molar-refractivity contribution in [2.24, 2.45) is 0 Å². The summed E-state index contributed by atoms with van der Waals surface area (Å²) in [7, 11) is 1.49. The van der Waals surface area contributed by atoms with Gasteiger partial charge in [-0.25, -0.2) is 0 Å². The molecule has 8 heteroatoms. The number of halogens is 1. The maximum atomic E-state index is 12.2. The molecule has 2 N–H and O–H groups in total. The second-order valence-electron chi connectivity index (χ2n) is 6.45. The van der Waals surface area contributed by atoms with Crippen LogP contribution in [0.2, 0.25) is 5.02 Å². The van der Waals surface area contributed by atoms with Crippen LogP contribution >= 0.6 is 11.6 Å². The number of carbonyl (C=O) groups is 3. The monoisotopic (exact) mass is 418 g/mol. The van der Waals surface area contributed by atoms with Gasteiger partial charge in [0.05, 0.1) is 12.1 Å². The molecule has 2 amide bonds. The lowest BCUT2D eigenvalue weighted by atomic mass is 10.1. The minimum atomic E-state index is -1.05. The fourth-order valence-electron chi connectivity index (χ4n) is 2.42. The van der Waals surface area contributed by atoms with Gasteiger partial charge in [0, 0.05) is 11.3 Å². The number of anilines is 1. The van der Waals surface area contributed by atoms with Crippen LogP contribution in [0, 0.1) is 13.8 Å². The van der Waals surface area contributed by atoms with Gasteiger partial charge in [-0.2, -0.15) is 0 Å². The van der Waals surface area contributed by atoms with Crippen LogP contribution in [0.4, 0.5) is 5.69 Å². The minimum absolute atomic E-state index is 0.337. The number of methoxy groups -OCH3 is 1. The van der Waals surface area contributed by atoms with Gasteiger partial charge in [-0.1, -0.05) is 17.7 Å². The lowest BCUT2D eigenvalue weighted by Gasteiger charge is -2.14. The van der Waals surface area contributed by atoms with Crippen molar-refractivity contribution in [3.05, 3.63) is 58.1 Å². The third-order valence-electron chi connectivity index (χ3n) is 4.26. The molecular formula is C21H23ClN2O5. The average molecular weight is 419 g/mol. The Hall–Kier alpha value is -3.06. The lowest BCUT2D eigenvalue weighted by Crippen LogP contribution is -2.35. The molecule has 2 aromatic rings. The molecule has 0 saturated heterocycles. The van der Waals surface area contributed by atoms with Gasteiger partial charge in [-0.05, 0) is 62.2 Å². The van der Waals surface area contributed by atoms with Gasteiger partial charge in [0.2, 0.25) is 0 Å². The highest BCUT2D eigenvalue weighted by atomic mass is 35.5. The molecule has 0 saturated carbocycles. The zero-order valence-electron chi connectivity index (χ0n) is 16.7. The second-order valence-corrected chi connectivity index (χ2v) is 6.86. The first-order valence-corrected chi connectivity index (χ1v) is 9.28. The maximum Gasteiger partial charge on any atom is 0.326 e. The van der Waals surface area contributed by atoms with Crippen molar-refractivity contribution < 1.29 is 23.9 Å². The first kappa shape index (κ1) is 22.2. The molecule has 7 nitrogen and oxygen atoms in total. The van der Waals surface area contributed by atoms with Crippen LogP contribution in [0.3, 0.4) is 0 Å². The van der Waals surface area contributed by atoms with Gasteiger partial charge in [-0.3, -0.25) is 14.4 Å². The van der Waals surface area contributed by atoms with Crippen LogP contribution < -0.4 is 15.4 Å². The molecule has 0 fully saturated rings. The van der Waals surface area contributed by atoms with E-state index >= 15 is 0 Å². The molecule has 1 atom stereocenters. The first-order valence-electron chi connectivity index (χ1n) is 8.90. The number of aryl methyl sites for hydroxylation is 2. The first-order chi connectivity index (χ1) is 13.7. The largest absolute Gasteiger partial charge is 0.495 e. The van der Waals surface area contributed by atoms with Crippen molar-refractivity contribution in [3.63, 3.8) is 0 Å². The summed E-state index contributed by atoms with van der Waals surface area (Å²) in [5.74, 6) is -1.17. The van der Waals surface area contributed by atoms with Crippen molar-refractivity contribution in [1.82, 2.24) is 5.32 Å². The van der Waals surface area contributed by atoms with Crippen LogP contribution in [-0.4, -0.2) is 37.5 Å². The smallest absolute Gasteiger partial charge is 0.326 e. The van der Waals surface area contributed by atoms with Crippen molar-refractivity contribution in [1.29, 1.82) is 0 Å². The summed E-state index contributed by atoms with van der Waals surface area (Å²) in [4.78, 5) is 36.3. The summed E-state index contributed by atoms with van der Waals surface area (Å²) in [6.07, 6.45) is -1.05. The van der Waals surface area contributed by atoms with Gasteiger partial charge < -0.3 is 20.1 Å². The predicted molar refractivity (Wildman–Crippen MR) is 110 cm³/mol. The molecule has 0 spiro atoms. The number of ether oxygens (including phenoxy) is 2. The minimum Gasteiger partial charge on any atom is -0.495 e. The summed E-state index contributed by atoms with van der Waals surface area (Å²) in [5.41, 5.74) is 2.93. The Kier molecular flexibility index (Phi) is 7.61. The van der Waals surface area contributed by atoms with Crippen molar-refractivity contribution >= 4 is 35.1 Å². The number of hydrogen-bond acceptors (Lipinski definition) is 5. The number of amides is 2. The average Bonchev–Trinajstić information content (AvgIpc) is 2.68. The second kappa shape index (κ2) is 9.93. The standard InChI is InChI=1S/C21H23ClN2O5/c1-12-5-6-15(9-13(12)2)21(27)23-11-19(25)29-14(3)20(26)24-16-7-8-18(28-4)17(22)10-16/h5-10,14H,11H2,1-4H3,(H,23,27)(H,24,26)/t14-/m1/s1. The van der Waals surface area contributed by atoms with E-state index in [0.717, 1.165) is 11.1 Å². The van der Waals surface area contributed by atoms with E-state index < -0.39 is 23.9 Å². The zero-order chi connectivity index (χ0) is 21.6. The number of rotatable bonds is 7. The van der Waals surface area contributed by atoms with E-state index in [0.29, 0.717) is 22.0 Å². The Morgan fingerprint density at radius 3 is 2.41 bits per heavy atom. The van der Waals surface area contributed by atoms with Gasteiger partial charge in [-0.15, -0.1) is 0 Å². The van der Waals surface area contributed by atoms with E-state index in [9.17, 15) is 14.4 Å². The summed E-state index contributed by atoms with van der Waals surface area (Å²) < 4.78 is 10.1. The Morgan fingerprint density at radius 1 is 1.07 bits per heavy atom. The van der Waals surface area contributed by atoms with Crippen LogP contribution in [0.1, 0.15) is 28.4 Å². The fourth-order valence-corrected chi connectivity index (χ4v) is 2.68. The zero-order valence-corrected chi connectivity index (χ0v) is 17.4. The van der Waals surface area contributed by atoms with Crippen LogP contribution in [0.25, 0.3) is 0 Å². The normalized spacial score (nSPS) is 11.3. The van der Waals surface area contributed by atoms with E-state index in [2.05, 4.69) is 10.6 Å². The molecule has 0 aliphatic heterocycles. The summed E-state index contributed by atoms with van der Waals surface area (Å²) in [5, 5.41) is 5.42. The number of benzene rings is 2. The van der Waals surface area contributed by atoms with E-state index in [4.69, 9.17) is 21.1 Å². The number of carbonyl (C=O) groups excluding carboxylic acids is 3. The molecule has 2 aromatic carbocycles. The SMILES string of the molecule is COc1ccc(NC(=O)[C@@H](C)OC(=O)CNC(=O)c2ccc(C)c(C)c2)cc1Cl. The van der Waals surface area contributed by atoms with Crippen molar-refractivity contribution in [3.8, 4) is 5.75 Å². The summed E-state index contributed by atoms with van der Waals surface area (Å²) in [6, 6.07) is 10.0. The van der Waals surface area contributed by atoms with Gasteiger partial charge in [0.1, 0.15) is 12.3 Å². The van der Waals surface area contributed by atoms with E-state index in [-0.39, 0.29) is 6.54 Å². The summed E-state index contributed by atoms with van der Waals surface area (Å²) in [6.45, 7) is 4.93. The highest BCUT2D eigenvalue weighted by Crippen LogP contribution is 2.27. The van der Waals surface area contributed by atoms with Crippen molar-refractivity contribution in [2.75, 3.05) is 19.0 Å². The highest BCUT2D eigenvalue weighted by molar-refractivity contribution is 6.32. The third kappa shape index (κ3) is 6.22. The Bertz CT molecular complexity index is 929. The molecule has 0 heterocycles. The Balaban J connectivity index is 1.84. The molecule has 0 aromatic heterocycles. The molecule has 0 unspecified atom stereocenters. The Morgan fingerprint density at radius 2 is 1.79 bits per heavy atom. The molecule has 154 valence electrons.